The highest BCUT2D eigenvalue weighted by Gasteiger charge is 2.25. The monoisotopic (exact) mass is 285 g/mol. The van der Waals surface area contributed by atoms with Crippen molar-refractivity contribution >= 4 is 11.7 Å². The van der Waals surface area contributed by atoms with Crippen LogP contribution < -0.4 is 5.32 Å². The molecule has 0 saturated carbocycles. The number of nitrogens with one attached hydrogen (secondary N) is 1. The van der Waals surface area contributed by atoms with Crippen molar-refractivity contribution in [2.75, 3.05) is 11.9 Å². The van der Waals surface area contributed by atoms with Crippen molar-refractivity contribution in [3.63, 3.8) is 0 Å². The summed E-state index contributed by atoms with van der Waals surface area (Å²) >= 11 is 0. The van der Waals surface area contributed by atoms with Crippen molar-refractivity contribution in [2.45, 2.75) is 25.9 Å². The fourth-order valence-corrected chi connectivity index (χ4v) is 2.66. The highest BCUT2D eigenvalue weighted by Crippen LogP contribution is 2.27. The maximum absolute atomic E-state index is 12.2. The summed E-state index contributed by atoms with van der Waals surface area (Å²) in [4.78, 5) is 12.2. The maximum atomic E-state index is 12.2. The molecular weight excluding hydrogens is 266 g/mol. The molecule has 1 atom stereocenters. The molecule has 1 fully saturated rings. The summed E-state index contributed by atoms with van der Waals surface area (Å²) in [5.74, 6) is 0.646. The molecule has 2 heterocycles. The number of nitrogens with zero attached hydrogens (tertiary/aromatic N) is 2. The highest BCUT2D eigenvalue weighted by atomic mass is 16.5. The molecule has 0 unspecified atom stereocenters. The van der Waals surface area contributed by atoms with Gasteiger partial charge in [0.2, 0.25) is 0 Å². The molecule has 5 heteroatoms. The first-order valence-electron chi connectivity index (χ1n) is 7.18. The van der Waals surface area contributed by atoms with Crippen molar-refractivity contribution in [1.29, 1.82) is 0 Å². The van der Waals surface area contributed by atoms with Crippen LogP contribution in [0, 0.1) is 6.92 Å². The average Bonchev–Trinajstić information content (AvgIpc) is 3.12. The Morgan fingerprint density at radius 2 is 2.14 bits per heavy atom. The molecule has 21 heavy (non-hydrogen) atoms. The topological polar surface area (TPSA) is 56.2 Å². The van der Waals surface area contributed by atoms with Gasteiger partial charge in [-0.1, -0.05) is 30.3 Å². The molecule has 1 aromatic heterocycles. The van der Waals surface area contributed by atoms with E-state index in [1.807, 2.05) is 44.3 Å². The van der Waals surface area contributed by atoms with Gasteiger partial charge in [0.25, 0.3) is 5.91 Å². The van der Waals surface area contributed by atoms with Gasteiger partial charge in [0.1, 0.15) is 11.9 Å². The molecule has 2 aromatic rings. The van der Waals surface area contributed by atoms with E-state index in [9.17, 15) is 4.79 Å². The zero-order valence-electron chi connectivity index (χ0n) is 12.3. The summed E-state index contributed by atoms with van der Waals surface area (Å²) in [5, 5.41) is 7.47. The second kappa shape index (κ2) is 5.69. The van der Waals surface area contributed by atoms with E-state index in [4.69, 9.17) is 4.74 Å². The van der Waals surface area contributed by atoms with Crippen LogP contribution in [0.5, 0.6) is 0 Å². The largest absolute Gasteiger partial charge is 0.368 e. The molecule has 3 rings (SSSR count). The van der Waals surface area contributed by atoms with Gasteiger partial charge < -0.3 is 10.1 Å². The minimum atomic E-state index is -0.334. The van der Waals surface area contributed by atoms with Gasteiger partial charge in [-0.25, -0.2) is 0 Å². The third kappa shape index (κ3) is 2.69. The molecule has 1 aliphatic heterocycles. The number of aryl methyl sites for hydroxylation is 1. The van der Waals surface area contributed by atoms with E-state index in [2.05, 4.69) is 10.4 Å². The van der Waals surface area contributed by atoms with Gasteiger partial charge in [-0.3, -0.25) is 9.48 Å². The van der Waals surface area contributed by atoms with Crippen LogP contribution in [0.3, 0.4) is 0 Å². The van der Waals surface area contributed by atoms with E-state index in [-0.39, 0.29) is 12.0 Å². The average molecular weight is 285 g/mol. The molecule has 1 aromatic carbocycles. The van der Waals surface area contributed by atoms with Gasteiger partial charge in [0.05, 0.1) is 5.69 Å². The number of amides is 1. The van der Waals surface area contributed by atoms with Crippen molar-refractivity contribution in [3.05, 3.63) is 35.9 Å². The fourth-order valence-electron chi connectivity index (χ4n) is 2.66. The molecule has 0 spiro atoms. The van der Waals surface area contributed by atoms with Crippen LogP contribution in [0.1, 0.15) is 18.4 Å². The first-order chi connectivity index (χ1) is 10.2. The van der Waals surface area contributed by atoms with Crippen LogP contribution >= 0.6 is 0 Å². The summed E-state index contributed by atoms with van der Waals surface area (Å²) < 4.78 is 7.13. The van der Waals surface area contributed by atoms with Gasteiger partial charge in [0, 0.05) is 24.8 Å². The lowest BCUT2D eigenvalue weighted by atomic mass is 10.1. The zero-order valence-corrected chi connectivity index (χ0v) is 12.3. The van der Waals surface area contributed by atoms with E-state index in [1.54, 1.807) is 4.68 Å². The molecule has 1 saturated heterocycles. The van der Waals surface area contributed by atoms with Gasteiger partial charge in [-0.05, 0) is 19.8 Å². The minimum absolute atomic E-state index is 0.0850. The number of hydrogen-bond acceptors (Lipinski definition) is 3. The fraction of sp³-hybridized carbons (Fsp3) is 0.375. The Hall–Kier alpha value is -2.14. The van der Waals surface area contributed by atoms with Crippen LogP contribution in [-0.2, 0) is 16.6 Å². The summed E-state index contributed by atoms with van der Waals surface area (Å²) in [6.45, 7) is 2.64. The normalized spacial score (nSPS) is 17.9. The van der Waals surface area contributed by atoms with Crippen molar-refractivity contribution < 1.29 is 9.53 Å². The SMILES string of the molecule is Cc1c(-c2ccccc2)nn(C)c1NC(=O)[C@H]1CCCO1. The van der Waals surface area contributed by atoms with Crippen molar-refractivity contribution in [3.8, 4) is 11.3 Å². The van der Waals surface area contributed by atoms with Gasteiger partial charge in [-0.15, -0.1) is 0 Å². The van der Waals surface area contributed by atoms with E-state index >= 15 is 0 Å². The molecule has 1 amide bonds. The molecule has 1 aliphatic rings. The molecular formula is C16H19N3O2. The van der Waals surface area contributed by atoms with Crippen LogP contribution in [-0.4, -0.2) is 28.4 Å². The number of ether oxygens (including phenoxy) is 1. The summed E-state index contributed by atoms with van der Waals surface area (Å²) in [6.07, 6.45) is 1.39. The van der Waals surface area contributed by atoms with Crippen molar-refractivity contribution in [2.24, 2.45) is 7.05 Å². The Balaban J connectivity index is 1.86. The van der Waals surface area contributed by atoms with Crippen LogP contribution in [0.4, 0.5) is 5.82 Å². The molecule has 0 aliphatic carbocycles. The second-order valence-corrected chi connectivity index (χ2v) is 5.30. The maximum Gasteiger partial charge on any atom is 0.254 e. The number of aromatic nitrogens is 2. The molecule has 110 valence electrons. The quantitative estimate of drug-likeness (QED) is 0.942. The Morgan fingerprint density at radius 3 is 2.81 bits per heavy atom. The van der Waals surface area contributed by atoms with Gasteiger partial charge >= 0.3 is 0 Å². The summed E-state index contributed by atoms with van der Waals surface area (Å²) in [5.41, 5.74) is 2.90. The highest BCUT2D eigenvalue weighted by molar-refractivity contribution is 5.95. The Morgan fingerprint density at radius 1 is 1.38 bits per heavy atom. The number of hydrogen-bond donors (Lipinski definition) is 1. The lowest BCUT2D eigenvalue weighted by Gasteiger charge is -2.11. The molecule has 5 nitrogen and oxygen atoms in total. The first-order valence-corrected chi connectivity index (χ1v) is 7.18. The molecule has 0 bridgehead atoms. The summed E-state index contributed by atoms with van der Waals surface area (Å²) in [6, 6.07) is 9.96. The Kier molecular flexibility index (Phi) is 3.75. The zero-order chi connectivity index (χ0) is 14.8. The standard InChI is InChI=1S/C16H19N3O2/c1-11-14(12-7-4-3-5-8-12)18-19(2)15(11)17-16(20)13-9-6-10-21-13/h3-5,7-8,13H,6,9-10H2,1-2H3,(H,17,20)/t13-/m1/s1. The minimum Gasteiger partial charge on any atom is -0.368 e. The van der Waals surface area contributed by atoms with Gasteiger partial charge in [-0.2, -0.15) is 5.10 Å². The number of rotatable bonds is 3. The van der Waals surface area contributed by atoms with Crippen LogP contribution in [0.25, 0.3) is 11.3 Å². The third-order valence-corrected chi connectivity index (χ3v) is 3.79. The smallest absolute Gasteiger partial charge is 0.254 e. The Bertz CT molecular complexity index is 643. The first kappa shape index (κ1) is 13.8. The Labute approximate surface area is 123 Å². The van der Waals surface area contributed by atoms with E-state index in [0.29, 0.717) is 6.61 Å². The third-order valence-electron chi connectivity index (χ3n) is 3.79. The van der Waals surface area contributed by atoms with Crippen LogP contribution in [0.15, 0.2) is 30.3 Å². The number of anilines is 1. The molecule has 0 radical (unpaired) electrons. The van der Waals surface area contributed by atoms with E-state index < -0.39 is 0 Å². The van der Waals surface area contributed by atoms with E-state index in [0.717, 1.165) is 35.5 Å². The second-order valence-electron chi connectivity index (χ2n) is 5.30. The lowest BCUT2D eigenvalue weighted by Crippen LogP contribution is -2.28. The number of carbonyl (C=O) groups excluding carboxylic acids is 1. The predicted molar refractivity (Wildman–Crippen MR) is 81.0 cm³/mol. The number of carbonyl (C=O) groups is 1. The van der Waals surface area contributed by atoms with E-state index in [1.165, 1.54) is 0 Å². The van der Waals surface area contributed by atoms with Gasteiger partial charge in [0.15, 0.2) is 0 Å². The predicted octanol–water partition coefficient (Wildman–Crippen LogP) is 2.51. The summed E-state index contributed by atoms with van der Waals surface area (Å²) in [7, 11) is 1.84. The lowest BCUT2D eigenvalue weighted by molar-refractivity contribution is -0.124. The number of benzene rings is 1. The van der Waals surface area contributed by atoms with Crippen LogP contribution in [0.2, 0.25) is 0 Å². The molecule has 1 N–H and O–H groups in total. The van der Waals surface area contributed by atoms with Crippen molar-refractivity contribution in [1.82, 2.24) is 9.78 Å².